The lowest BCUT2D eigenvalue weighted by molar-refractivity contribution is -0.171. The van der Waals surface area contributed by atoms with E-state index < -0.39 is 56.8 Å². The largest absolute Gasteiger partial charge is 0.511 e. The Labute approximate surface area is 246 Å². The maximum atomic E-state index is 14.4. The molecule has 4 N–H and O–H groups in total. The second-order valence-electron chi connectivity index (χ2n) is 13.5. The lowest BCUT2D eigenvalue weighted by Crippen LogP contribution is -2.67. The number of phenolic OH excluding ortho intramolecular Hbond substituents is 1. The lowest BCUT2D eigenvalue weighted by Gasteiger charge is -2.59. The quantitative estimate of drug-likeness (QED) is 0.232. The number of carbonyl (C=O) groups is 4. The predicted octanol–water partition coefficient (Wildman–Crippen LogP) is 5.55. The fourth-order valence-corrected chi connectivity index (χ4v) is 8.10. The zero-order valence-electron chi connectivity index (χ0n) is 25.6. The first-order valence-electron chi connectivity index (χ1n) is 14.6. The van der Waals surface area contributed by atoms with Crippen molar-refractivity contribution in [1.29, 1.82) is 0 Å². The van der Waals surface area contributed by atoms with E-state index in [0.717, 1.165) is 12.5 Å². The van der Waals surface area contributed by atoms with E-state index in [1.54, 1.807) is 39.8 Å². The van der Waals surface area contributed by atoms with Crippen molar-refractivity contribution in [1.82, 2.24) is 0 Å². The Kier molecular flexibility index (Phi) is 7.73. The molecule has 4 rings (SSSR count). The normalized spacial score (nSPS) is 29.0. The van der Waals surface area contributed by atoms with Crippen molar-refractivity contribution in [2.24, 2.45) is 22.7 Å². The van der Waals surface area contributed by atoms with Crippen LogP contribution in [0, 0.1) is 22.7 Å². The van der Waals surface area contributed by atoms with Crippen LogP contribution in [0.5, 0.6) is 5.75 Å². The first-order valence-corrected chi connectivity index (χ1v) is 14.6. The van der Waals surface area contributed by atoms with Crippen LogP contribution < -0.4 is 0 Å². The summed E-state index contributed by atoms with van der Waals surface area (Å²) in [5.41, 5.74) is -4.38. The number of Topliss-reactive ketones (excluding diaryl/α,β-unsaturated/α-hetero) is 4. The molecule has 0 heterocycles. The second kappa shape index (κ2) is 10.3. The molecule has 0 aromatic heterocycles. The van der Waals surface area contributed by atoms with Crippen LogP contribution in [0.1, 0.15) is 101 Å². The number of benzene rings is 1. The molecular formula is C34H42O8. The highest BCUT2D eigenvalue weighted by atomic mass is 16.3. The second-order valence-corrected chi connectivity index (χ2v) is 13.5. The van der Waals surface area contributed by atoms with Crippen molar-refractivity contribution in [3.63, 3.8) is 0 Å². The maximum Gasteiger partial charge on any atom is 0.209 e. The zero-order chi connectivity index (χ0) is 31.7. The van der Waals surface area contributed by atoms with E-state index in [1.165, 1.54) is 0 Å². The summed E-state index contributed by atoms with van der Waals surface area (Å²) in [6, 6.07) is 1.77. The molecule has 0 aliphatic heterocycles. The van der Waals surface area contributed by atoms with E-state index in [0.29, 0.717) is 17.5 Å². The van der Waals surface area contributed by atoms with Gasteiger partial charge in [-0.25, -0.2) is 0 Å². The third-order valence-electron chi connectivity index (χ3n) is 9.76. The monoisotopic (exact) mass is 578 g/mol. The molecule has 8 heteroatoms. The Hall–Kier alpha value is -3.52. The molecule has 0 saturated carbocycles. The number of rotatable bonds is 8. The van der Waals surface area contributed by atoms with Gasteiger partial charge in [0, 0.05) is 40.7 Å². The smallest absolute Gasteiger partial charge is 0.209 e. The summed E-state index contributed by atoms with van der Waals surface area (Å²) in [5, 5.41) is 46.7. The van der Waals surface area contributed by atoms with Crippen molar-refractivity contribution in [2.45, 2.75) is 92.1 Å². The minimum Gasteiger partial charge on any atom is -0.511 e. The summed E-state index contributed by atoms with van der Waals surface area (Å²) < 4.78 is 0. The third-order valence-corrected chi connectivity index (χ3v) is 9.76. The van der Waals surface area contributed by atoms with E-state index in [1.807, 2.05) is 13.8 Å². The van der Waals surface area contributed by atoms with Crippen LogP contribution in [0.3, 0.4) is 0 Å². The number of phenols is 1. The van der Waals surface area contributed by atoms with Gasteiger partial charge in [-0.2, -0.15) is 0 Å². The van der Waals surface area contributed by atoms with Gasteiger partial charge in [0.05, 0.1) is 5.56 Å². The summed E-state index contributed by atoms with van der Waals surface area (Å²) in [6.45, 7) is 15.6. The van der Waals surface area contributed by atoms with Gasteiger partial charge in [-0.15, -0.1) is 6.58 Å². The number of hydrogen-bond donors (Lipinski definition) is 4. The van der Waals surface area contributed by atoms with Crippen LogP contribution >= 0.6 is 0 Å². The van der Waals surface area contributed by atoms with Gasteiger partial charge in [-0.1, -0.05) is 53.7 Å². The number of aliphatic hydroxyl groups excluding tert-OH is 2. The number of fused-ring (bicyclic) bond motifs is 3. The zero-order valence-corrected chi connectivity index (χ0v) is 25.6. The van der Waals surface area contributed by atoms with E-state index in [2.05, 4.69) is 6.58 Å². The van der Waals surface area contributed by atoms with Crippen LogP contribution in [0.4, 0.5) is 0 Å². The van der Waals surface area contributed by atoms with Crippen molar-refractivity contribution in [3.05, 3.63) is 63.6 Å². The molecule has 0 fully saturated rings. The third kappa shape index (κ3) is 4.21. The van der Waals surface area contributed by atoms with Crippen LogP contribution in [0.2, 0.25) is 0 Å². The van der Waals surface area contributed by atoms with Gasteiger partial charge >= 0.3 is 0 Å². The van der Waals surface area contributed by atoms with Crippen LogP contribution in [-0.4, -0.2) is 49.2 Å². The molecule has 0 saturated heterocycles. The van der Waals surface area contributed by atoms with Gasteiger partial charge < -0.3 is 20.4 Å². The summed E-state index contributed by atoms with van der Waals surface area (Å²) in [7, 11) is 0. The molecule has 42 heavy (non-hydrogen) atoms. The van der Waals surface area contributed by atoms with E-state index in [-0.39, 0.29) is 60.2 Å². The molecule has 1 aromatic carbocycles. The first-order chi connectivity index (χ1) is 19.4. The molecule has 8 nitrogen and oxygen atoms in total. The highest BCUT2D eigenvalue weighted by Crippen LogP contribution is 2.65. The van der Waals surface area contributed by atoms with Gasteiger partial charge in [0.15, 0.2) is 17.2 Å². The Balaban J connectivity index is 2.02. The summed E-state index contributed by atoms with van der Waals surface area (Å²) in [6.07, 6.45) is 2.49. The van der Waals surface area contributed by atoms with Gasteiger partial charge in [0.25, 0.3) is 0 Å². The Morgan fingerprint density at radius 3 is 2.26 bits per heavy atom. The molecule has 226 valence electrons. The highest BCUT2D eigenvalue weighted by molar-refractivity contribution is 6.25. The molecule has 3 aliphatic rings. The Morgan fingerprint density at radius 1 is 1.12 bits per heavy atom. The fraction of sp³-hybridized carbons (Fsp3) is 0.529. The van der Waals surface area contributed by atoms with Crippen molar-refractivity contribution < 1.29 is 39.6 Å². The van der Waals surface area contributed by atoms with Crippen molar-refractivity contribution in [2.75, 3.05) is 0 Å². The molecule has 3 aliphatic carbocycles. The number of ketones is 4. The van der Waals surface area contributed by atoms with E-state index >= 15 is 0 Å². The van der Waals surface area contributed by atoms with Gasteiger partial charge in [0.2, 0.25) is 5.78 Å². The van der Waals surface area contributed by atoms with Gasteiger partial charge in [-0.05, 0) is 49.1 Å². The topological polar surface area (TPSA) is 149 Å². The Bertz CT molecular complexity index is 1490. The highest BCUT2D eigenvalue weighted by Gasteiger charge is 2.71. The molecule has 1 unspecified atom stereocenters. The molecule has 0 spiro atoms. The van der Waals surface area contributed by atoms with E-state index in [9.17, 15) is 39.6 Å². The van der Waals surface area contributed by atoms with Crippen molar-refractivity contribution in [3.8, 4) is 5.75 Å². The van der Waals surface area contributed by atoms with Crippen LogP contribution in [0.25, 0.3) is 0 Å². The number of hydrogen-bond acceptors (Lipinski definition) is 8. The summed E-state index contributed by atoms with van der Waals surface area (Å²) in [5.74, 6) is -5.68. The predicted molar refractivity (Wildman–Crippen MR) is 157 cm³/mol. The molecule has 1 aromatic rings. The summed E-state index contributed by atoms with van der Waals surface area (Å²) >= 11 is 0. The maximum absolute atomic E-state index is 14.4. The minimum atomic E-state index is -2.66. The number of aromatic hydroxyl groups is 1. The fourth-order valence-electron chi connectivity index (χ4n) is 8.10. The number of allylic oxidation sites excluding steroid dienone is 3. The average molecular weight is 579 g/mol. The minimum absolute atomic E-state index is 0.0327. The standard InChI is InChI=1S/C34H42O8/c1-9-10-11-20(36)12-19-13-21(16(2)3)22-14-32(7)15-33(8)25(17(4)5)28(38)23(18(6)35)30(40)34(33,42)31(41)26(32)29(39)24(22)27(19)37/h9,13,16-17,25,37-38,41-42H,1,10-12,14-15H2,2-8H3/t25?,32-,33-,34+/m1/s1. The van der Waals surface area contributed by atoms with Crippen LogP contribution in [-0.2, 0) is 27.2 Å². The lowest BCUT2D eigenvalue weighted by atomic mass is 9.44. The molecule has 0 amide bonds. The molecule has 4 atom stereocenters. The van der Waals surface area contributed by atoms with E-state index in [4.69, 9.17) is 0 Å². The van der Waals surface area contributed by atoms with Crippen LogP contribution in [0.15, 0.2) is 41.4 Å². The summed E-state index contributed by atoms with van der Waals surface area (Å²) in [4.78, 5) is 53.4. The average Bonchev–Trinajstić information content (AvgIpc) is 2.85. The molecular weight excluding hydrogens is 536 g/mol. The van der Waals surface area contributed by atoms with Gasteiger partial charge in [0.1, 0.15) is 28.6 Å². The SMILES string of the molecule is C=CCCC(=O)Cc1cc(C(C)C)c2c(c1O)C(=O)C1=C(O)[C@@]3(O)C(=O)C(C(C)=O)=C(O)C(C(C)C)[C@@]3(C)C[C@@]1(C)C2. The number of carbonyl (C=O) groups excluding carboxylic acids is 4. The van der Waals surface area contributed by atoms with Gasteiger partial charge in [-0.3, -0.25) is 19.2 Å². The Morgan fingerprint density at radius 2 is 1.74 bits per heavy atom. The molecule has 0 radical (unpaired) electrons. The van der Waals surface area contributed by atoms with Crippen molar-refractivity contribution >= 4 is 23.1 Å². The molecule has 0 bridgehead atoms. The number of aliphatic hydroxyl groups is 3. The first kappa shape index (κ1) is 31.4.